The molecule has 0 unspecified atom stereocenters. The maximum atomic E-state index is 11.3. The Morgan fingerprint density at radius 2 is 2.38 bits per heavy atom. The van der Waals surface area contributed by atoms with Crippen molar-refractivity contribution in [3.05, 3.63) is 12.2 Å². The molecule has 1 rings (SSSR count). The number of hydrogen-bond acceptors (Lipinski definition) is 4. The summed E-state index contributed by atoms with van der Waals surface area (Å²) in [7, 11) is 1.83. The molecule has 6 heteroatoms. The van der Waals surface area contributed by atoms with E-state index in [2.05, 4.69) is 15.4 Å². The molecule has 0 aliphatic heterocycles. The van der Waals surface area contributed by atoms with Crippen LogP contribution in [0.15, 0.2) is 6.33 Å². The van der Waals surface area contributed by atoms with Crippen LogP contribution in [0.4, 0.5) is 0 Å². The van der Waals surface area contributed by atoms with Gasteiger partial charge in [-0.05, 0) is 13.8 Å². The maximum Gasteiger partial charge on any atom is 0.246 e. The highest BCUT2D eigenvalue weighted by molar-refractivity contribution is 5.77. The highest BCUT2D eigenvalue weighted by atomic mass is 16.5. The molecule has 0 aromatic carbocycles. The van der Waals surface area contributed by atoms with Gasteiger partial charge in [0.05, 0.1) is 6.10 Å². The van der Waals surface area contributed by atoms with E-state index in [0.29, 0.717) is 13.0 Å². The van der Waals surface area contributed by atoms with Gasteiger partial charge in [-0.1, -0.05) is 0 Å². The second kappa shape index (κ2) is 6.22. The van der Waals surface area contributed by atoms with Crippen molar-refractivity contribution in [1.29, 1.82) is 0 Å². The molecule has 6 nitrogen and oxygen atoms in total. The number of nitrogens with one attached hydrogen (secondary N) is 1. The third kappa shape index (κ3) is 4.39. The number of carbonyl (C=O) groups is 1. The van der Waals surface area contributed by atoms with Crippen molar-refractivity contribution in [1.82, 2.24) is 20.1 Å². The Bertz CT molecular complexity index is 335. The number of carbonyl (C=O) groups excluding carboxylic acids is 1. The lowest BCUT2D eigenvalue weighted by atomic mass is 10.4. The van der Waals surface area contributed by atoms with Crippen molar-refractivity contribution in [2.24, 2.45) is 7.05 Å². The van der Waals surface area contributed by atoms with Crippen LogP contribution in [0.25, 0.3) is 0 Å². The van der Waals surface area contributed by atoms with Gasteiger partial charge in [0.25, 0.3) is 0 Å². The molecule has 0 saturated carbocycles. The fourth-order valence-electron chi connectivity index (χ4n) is 1.15. The lowest BCUT2D eigenvalue weighted by Gasteiger charge is -2.08. The second-order valence-electron chi connectivity index (χ2n) is 3.76. The number of aromatic nitrogens is 3. The molecule has 1 N–H and O–H groups in total. The van der Waals surface area contributed by atoms with E-state index in [4.69, 9.17) is 4.74 Å². The van der Waals surface area contributed by atoms with Crippen LogP contribution in [0.5, 0.6) is 0 Å². The molecule has 90 valence electrons. The summed E-state index contributed by atoms with van der Waals surface area (Å²) < 4.78 is 6.86. The zero-order valence-electron chi connectivity index (χ0n) is 9.93. The van der Waals surface area contributed by atoms with Gasteiger partial charge in [-0.15, -0.1) is 0 Å². The third-order valence-electron chi connectivity index (χ3n) is 2.02. The van der Waals surface area contributed by atoms with E-state index in [1.807, 2.05) is 20.9 Å². The average Bonchev–Trinajstić information content (AvgIpc) is 2.61. The normalized spacial score (nSPS) is 10.8. The minimum atomic E-state index is -0.101. The van der Waals surface area contributed by atoms with E-state index in [-0.39, 0.29) is 18.6 Å². The van der Waals surface area contributed by atoms with Crippen LogP contribution in [0, 0.1) is 0 Å². The molecule has 1 amide bonds. The van der Waals surface area contributed by atoms with Crippen molar-refractivity contribution >= 4 is 5.91 Å². The van der Waals surface area contributed by atoms with Crippen molar-refractivity contribution in [2.45, 2.75) is 26.4 Å². The van der Waals surface area contributed by atoms with Gasteiger partial charge in [0.15, 0.2) is 0 Å². The van der Waals surface area contributed by atoms with Crippen LogP contribution < -0.4 is 5.32 Å². The SMILES string of the molecule is CC(C)OCC(=O)NCCc1ncnn1C. The molecule has 0 spiro atoms. The number of rotatable bonds is 6. The summed E-state index contributed by atoms with van der Waals surface area (Å²) in [6, 6.07) is 0. The van der Waals surface area contributed by atoms with Crippen LogP contribution in [0.3, 0.4) is 0 Å². The molecule has 0 aliphatic carbocycles. The number of ether oxygens (including phenoxy) is 1. The van der Waals surface area contributed by atoms with E-state index in [1.165, 1.54) is 6.33 Å². The van der Waals surface area contributed by atoms with E-state index >= 15 is 0 Å². The van der Waals surface area contributed by atoms with Crippen LogP contribution in [0.1, 0.15) is 19.7 Å². The molecule has 1 heterocycles. The lowest BCUT2D eigenvalue weighted by Crippen LogP contribution is -2.30. The molecule has 0 bridgehead atoms. The first-order valence-electron chi connectivity index (χ1n) is 5.30. The zero-order chi connectivity index (χ0) is 12.0. The quantitative estimate of drug-likeness (QED) is 0.735. The molecule has 0 radical (unpaired) electrons. The van der Waals surface area contributed by atoms with E-state index in [9.17, 15) is 4.79 Å². The van der Waals surface area contributed by atoms with E-state index in [1.54, 1.807) is 4.68 Å². The van der Waals surface area contributed by atoms with Crippen molar-refractivity contribution in [3.8, 4) is 0 Å². The monoisotopic (exact) mass is 226 g/mol. The fraction of sp³-hybridized carbons (Fsp3) is 0.700. The summed E-state index contributed by atoms with van der Waals surface area (Å²) in [6.45, 7) is 4.45. The summed E-state index contributed by atoms with van der Waals surface area (Å²) >= 11 is 0. The van der Waals surface area contributed by atoms with Gasteiger partial charge >= 0.3 is 0 Å². The maximum absolute atomic E-state index is 11.3. The Labute approximate surface area is 95.0 Å². The van der Waals surface area contributed by atoms with Crippen LogP contribution in [-0.2, 0) is 23.0 Å². The predicted octanol–water partition coefficient (Wildman–Crippen LogP) is -0.101. The summed E-state index contributed by atoms with van der Waals surface area (Å²) in [5.74, 6) is 0.751. The Balaban J connectivity index is 2.16. The molecule has 1 aromatic rings. The molecule has 0 saturated heterocycles. The van der Waals surface area contributed by atoms with E-state index < -0.39 is 0 Å². The molecular formula is C10H18N4O2. The molecular weight excluding hydrogens is 208 g/mol. The van der Waals surface area contributed by atoms with Crippen molar-refractivity contribution in [2.75, 3.05) is 13.2 Å². The molecule has 0 aliphatic rings. The van der Waals surface area contributed by atoms with Crippen LogP contribution in [-0.4, -0.2) is 39.9 Å². The summed E-state index contributed by atoms with van der Waals surface area (Å²) in [6.07, 6.45) is 2.24. The highest BCUT2D eigenvalue weighted by Gasteiger charge is 2.04. The van der Waals surface area contributed by atoms with Gasteiger partial charge in [-0.2, -0.15) is 5.10 Å². The van der Waals surface area contributed by atoms with Gasteiger partial charge in [0.2, 0.25) is 5.91 Å². The fourth-order valence-corrected chi connectivity index (χ4v) is 1.15. The van der Waals surface area contributed by atoms with Gasteiger partial charge in [-0.3, -0.25) is 9.48 Å². The molecule has 0 fully saturated rings. The first-order chi connectivity index (χ1) is 7.59. The van der Waals surface area contributed by atoms with Gasteiger partial charge in [0.1, 0.15) is 18.8 Å². The average molecular weight is 226 g/mol. The largest absolute Gasteiger partial charge is 0.369 e. The number of amides is 1. The van der Waals surface area contributed by atoms with E-state index in [0.717, 1.165) is 5.82 Å². The van der Waals surface area contributed by atoms with Crippen LogP contribution >= 0.6 is 0 Å². The summed E-state index contributed by atoms with van der Waals surface area (Å²) in [5, 5.41) is 6.70. The van der Waals surface area contributed by atoms with Gasteiger partial charge < -0.3 is 10.1 Å². The van der Waals surface area contributed by atoms with Gasteiger partial charge in [0, 0.05) is 20.0 Å². The minimum Gasteiger partial charge on any atom is -0.369 e. The number of hydrogen-bond donors (Lipinski definition) is 1. The third-order valence-corrected chi connectivity index (χ3v) is 2.02. The molecule has 0 atom stereocenters. The Hall–Kier alpha value is -1.43. The number of nitrogens with zero attached hydrogens (tertiary/aromatic N) is 3. The van der Waals surface area contributed by atoms with Crippen molar-refractivity contribution in [3.63, 3.8) is 0 Å². The second-order valence-corrected chi connectivity index (χ2v) is 3.76. The first kappa shape index (κ1) is 12.6. The first-order valence-corrected chi connectivity index (χ1v) is 5.30. The predicted molar refractivity (Wildman–Crippen MR) is 58.8 cm³/mol. The molecule has 16 heavy (non-hydrogen) atoms. The Kier molecular flexibility index (Phi) is 4.91. The minimum absolute atomic E-state index is 0.0736. The lowest BCUT2D eigenvalue weighted by molar-refractivity contribution is -0.127. The number of aryl methyl sites for hydroxylation is 1. The zero-order valence-corrected chi connectivity index (χ0v) is 9.93. The molecule has 1 aromatic heterocycles. The van der Waals surface area contributed by atoms with Crippen LogP contribution in [0.2, 0.25) is 0 Å². The summed E-state index contributed by atoms with van der Waals surface area (Å²) in [5.41, 5.74) is 0. The van der Waals surface area contributed by atoms with Crippen molar-refractivity contribution < 1.29 is 9.53 Å². The summed E-state index contributed by atoms with van der Waals surface area (Å²) in [4.78, 5) is 15.3. The topological polar surface area (TPSA) is 69.0 Å². The Morgan fingerprint density at radius 1 is 1.62 bits per heavy atom. The highest BCUT2D eigenvalue weighted by Crippen LogP contribution is 1.91. The Morgan fingerprint density at radius 3 is 2.94 bits per heavy atom. The van der Waals surface area contributed by atoms with Gasteiger partial charge in [-0.25, -0.2) is 4.98 Å². The standard InChI is InChI=1S/C10H18N4O2/c1-8(2)16-6-10(15)11-5-4-9-12-7-13-14(9)3/h7-8H,4-6H2,1-3H3,(H,11,15). The smallest absolute Gasteiger partial charge is 0.246 e.